The molecule has 3 saturated heterocycles. The van der Waals surface area contributed by atoms with Crippen molar-refractivity contribution in [3.63, 3.8) is 0 Å². The smallest absolute Gasteiger partial charge is 0.311 e. The standard InChI is InChI=1S/C38H72N2O12.2H2O/c1-15-27-38(10,46)31(42)24(6)40(13)19-20(2)17-36(8,45)33(52-35-29(41)26(39(11)12)16-21(3)48-35)22(4)30(23(5)34(44)50-27)51-28-18-37(9,47-14)32(43)25(7)49-28;;/h20-33,35,41-43,45-46H,15-19H2,1-14H3;2*1H2/t20-,21-,22+,23-,24-,25+,26+,27?,28+,29-,30+,31-,32+,33-,35+,36-,37-,38-;;/m1../s1. The van der Waals surface area contributed by atoms with Crippen LogP contribution in [-0.2, 0) is 33.2 Å². The van der Waals surface area contributed by atoms with Gasteiger partial charge in [-0.25, -0.2) is 0 Å². The quantitative estimate of drug-likeness (QED) is 0.218. The van der Waals surface area contributed by atoms with Crippen LogP contribution in [0.4, 0.5) is 0 Å². The number of nitrogens with zero attached hydrogens (tertiary/aromatic N) is 2. The Morgan fingerprint density at radius 2 is 1.52 bits per heavy atom. The van der Waals surface area contributed by atoms with Crippen LogP contribution in [-0.4, -0.2) is 177 Å². The van der Waals surface area contributed by atoms with Gasteiger partial charge >= 0.3 is 5.97 Å². The molecule has 0 bridgehead atoms. The summed E-state index contributed by atoms with van der Waals surface area (Å²) >= 11 is 0. The van der Waals surface area contributed by atoms with Gasteiger partial charge in [-0.2, -0.15) is 0 Å². The molecule has 0 saturated carbocycles. The van der Waals surface area contributed by atoms with E-state index < -0.39 is 96.0 Å². The highest BCUT2D eigenvalue weighted by molar-refractivity contribution is 5.73. The lowest BCUT2D eigenvalue weighted by Gasteiger charge is -2.48. The highest BCUT2D eigenvalue weighted by Gasteiger charge is 2.52. The number of carbonyl (C=O) groups is 1. The van der Waals surface area contributed by atoms with Crippen molar-refractivity contribution >= 4 is 5.97 Å². The van der Waals surface area contributed by atoms with Gasteiger partial charge in [-0.05, 0) is 94.8 Å². The van der Waals surface area contributed by atoms with Crippen molar-refractivity contribution in [3.05, 3.63) is 0 Å². The average Bonchev–Trinajstić information content (AvgIpc) is 3.05. The molecular weight excluding hydrogens is 708 g/mol. The number of methoxy groups -OCH3 is 1. The first-order valence-electron chi connectivity index (χ1n) is 19.1. The molecule has 16 nitrogen and oxygen atoms in total. The Morgan fingerprint density at radius 1 is 0.926 bits per heavy atom. The van der Waals surface area contributed by atoms with Gasteiger partial charge in [0.15, 0.2) is 12.6 Å². The summed E-state index contributed by atoms with van der Waals surface area (Å²) in [5.74, 6) is -2.58. The van der Waals surface area contributed by atoms with Crippen LogP contribution in [0, 0.1) is 17.8 Å². The minimum absolute atomic E-state index is 0. The SMILES string of the molecule is CCC1OC(=O)[C@H](C)[C@@H](O[C@H]2C[C@@](C)(OC)[C@@H](O)[C@H](C)O2)[C@H](C)[C@@H](O[C@@H]2O[C@H](C)C[C@H](N(C)C)[C@H]2O)[C@](C)(O)C[C@@H](C)CN(C)[C@H](C)[C@@H](O)[C@]1(C)O.O.O. The molecule has 0 aromatic heterocycles. The first kappa shape index (κ1) is 50.9. The number of aliphatic hydroxyl groups excluding tert-OH is 3. The molecule has 0 radical (unpaired) electrons. The molecule has 54 heavy (non-hydrogen) atoms. The molecule has 3 fully saturated rings. The second-order valence-electron chi connectivity index (χ2n) is 17.2. The fraction of sp³-hybridized carbons (Fsp3) is 0.974. The number of rotatable bonds is 7. The molecule has 1 unspecified atom stereocenters. The summed E-state index contributed by atoms with van der Waals surface area (Å²) in [6.07, 6.45) is -8.19. The number of aliphatic hydroxyl groups is 5. The lowest BCUT2D eigenvalue weighted by molar-refractivity contribution is -0.318. The largest absolute Gasteiger partial charge is 0.459 e. The predicted molar refractivity (Wildman–Crippen MR) is 201 cm³/mol. The summed E-state index contributed by atoms with van der Waals surface area (Å²) < 4.78 is 37.5. The first-order chi connectivity index (χ1) is 23.9. The molecule has 9 N–H and O–H groups in total. The summed E-state index contributed by atoms with van der Waals surface area (Å²) in [5, 5.41) is 58.1. The fourth-order valence-electron chi connectivity index (χ4n) is 8.74. The van der Waals surface area contributed by atoms with Gasteiger partial charge in [-0.15, -0.1) is 0 Å². The van der Waals surface area contributed by atoms with Crippen molar-refractivity contribution in [2.24, 2.45) is 17.8 Å². The molecule has 0 aliphatic carbocycles. The third-order valence-corrected chi connectivity index (χ3v) is 12.2. The van der Waals surface area contributed by atoms with Gasteiger partial charge in [0.05, 0.1) is 41.5 Å². The van der Waals surface area contributed by atoms with Gasteiger partial charge in [-0.3, -0.25) is 4.79 Å². The number of ether oxygens (including phenoxy) is 6. The Kier molecular flexibility index (Phi) is 18.9. The summed E-state index contributed by atoms with van der Waals surface area (Å²) in [7, 11) is 7.12. The lowest BCUT2D eigenvalue weighted by Crippen LogP contribution is -2.60. The molecule has 0 aromatic carbocycles. The van der Waals surface area contributed by atoms with E-state index in [9.17, 15) is 30.3 Å². The zero-order valence-corrected chi connectivity index (χ0v) is 35.2. The van der Waals surface area contributed by atoms with Gasteiger partial charge < -0.3 is 74.7 Å². The van der Waals surface area contributed by atoms with E-state index in [0.717, 1.165) is 0 Å². The Balaban J connectivity index is 0.00000729. The van der Waals surface area contributed by atoms with Crippen molar-refractivity contribution in [1.29, 1.82) is 0 Å². The van der Waals surface area contributed by atoms with Gasteiger partial charge in [-0.1, -0.05) is 20.8 Å². The van der Waals surface area contributed by atoms with Gasteiger partial charge in [0.25, 0.3) is 0 Å². The van der Waals surface area contributed by atoms with E-state index in [2.05, 4.69) is 0 Å². The molecule has 322 valence electrons. The van der Waals surface area contributed by atoms with E-state index in [1.54, 1.807) is 41.5 Å². The van der Waals surface area contributed by atoms with Crippen LogP contribution in [0.25, 0.3) is 0 Å². The maximum atomic E-state index is 14.2. The highest BCUT2D eigenvalue weighted by Crippen LogP contribution is 2.40. The summed E-state index contributed by atoms with van der Waals surface area (Å²) in [4.78, 5) is 18.0. The monoisotopic (exact) mass is 785 g/mol. The first-order valence-corrected chi connectivity index (χ1v) is 19.1. The Labute approximate surface area is 323 Å². The number of carbonyl (C=O) groups excluding carboxylic acids is 1. The van der Waals surface area contributed by atoms with E-state index in [0.29, 0.717) is 13.0 Å². The van der Waals surface area contributed by atoms with Crippen LogP contribution in [0.15, 0.2) is 0 Å². The van der Waals surface area contributed by atoms with E-state index in [1.165, 1.54) is 14.0 Å². The molecule has 16 heteroatoms. The number of esters is 1. The maximum Gasteiger partial charge on any atom is 0.311 e. The highest BCUT2D eigenvalue weighted by atomic mass is 16.7. The Hall–Kier alpha value is -1.09. The van der Waals surface area contributed by atoms with Crippen LogP contribution < -0.4 is 0 Å². The van der Waals surface area contributed by atoms with Crippen molar-refractivity contribution in [3.8, 4) is 0 Å². The topological polar surface area (TPSA) is 243 Å². The minimum atomic E-state index is -1.80. The molecule has 0 aromatic rings. The van der Waals surface area contributed by atoms with Crippen molar-refractivity contribution in [2.75, 3.05) is 34.8 Å². The van der Waals surface area contributed by atoms with Gasteiger partial charge in [0, 0.05) is 38.1 Å². The lowest BCUT2D eigenvalue weighted by atomic mass is 9.77. The van der Waals surface area contributed by atoms with Crippen molar-refractivity contribution in [2.45, 2.75) is 185 Å². The van der Waals surface area contributed by atoms with Crippen molar-refractivity contribution in [1.82, 2.24) is 9.80 Å². The molecule has 3 heterocycles. The zero-order chi connectivity index (χ0) is 39.7. The summed E-state index contributed by atoms with van der Waals surface area (Å²) in [6, 6.07) is -0.808. The van der Waals surface area contributed by atoms with Crippen LogP contribution in [0.2, 0.25) is 0 Å². The van der Waals surface area contributed by atoms with Crippen molar-refractivity contribution < 1.29 is 69.7 Å². The average molecular weight is 785 g/mol. The zero-order valence-electron chi connectivity index (χ0n) is 35.2. The number of cyclic esters (lactones) is 1. The Bertz CT molecular complexity index is 1150. The second kappa shape index (κ2) is 20.1. The predicted octanol–water partition coefficient (Wildman–Crippen LogP) is 0.251. The fourth-order valence-corrected chi connectivity index (χ4v) is 8.74. The molecule has 18 atom stereocenters. The molecule has 0 spiro atoms. The number of hydrogen-bond donors (Lipinski definition) is 5. The number of likely N-dealkylation sites (N-methyl/N-ethyl adjacent to an activating group) is 2. The van der Waals surface area contributed by atoms with E-state index in [1.807, 2.05) is 51.7 Å². The molecule has 0 amide bonds. The van der Waals surface area contributed by atoms with Crippen LogP contribution >= 0.6 is 0 Å². The van der Waals surface area contributed by atoms with Crippen LogP contribution in [0.1, 0.15) is 94.9 Å². The molecular formula is C38H76N2O14. The van der Waals surface area contributed by atoms with Gasteiger partial charge in [0.1, 0.15) is 30.0 Å². The number of hydrogen-bond acceptors (Lipinski definition) is 14. The van der Waals surface area contributed by atoms with Crippen LogP contribution in [0.5, 0.6) is 0 Å². The molecule has 3 aliphatic heterocycles. The Morgan fingerprint density at radius 3 is 2.06 bits per heavy atom. The normalized spacial score (nSPS) is 47.8. The van der Waals surface area contributed by atoms with E-state index in [4.69, 9.17) is 28.4 Å². The molecule has 3 aliphatic rings. The van der Waals surface area contributed by atoms with E-state index >= 15 is 0 Å². The minimum Gasteiger partial charge on any atom is -0.459 e. The second-order valence-corrected chi connectivity index (χ2v) is 17.2. The van der Waals surface area contributed by atoms with E-state index in [-0.39, 0.29) is 48.3 Å². The summed E-state index contributed by atoms with van der Waals surface area (Å²) in [6.45, 7) is 18.0. The maximum absolute atomic E-state index is 14.2. The molecule has 3 rings (SSSR count). The summed E-state index contributed by atoms with van der Waals surface area (Å²) in [5.41, 5.74) is -4.37. The van der Waals surface area contributed by atoms with Gasteiger partial charge in [0.2, 0.25) is 0 Å². The van der Waals surface area contributed by atoms with Crippen LogP contribution in [0.3, 0.4) is 0 Å². The third kappa shape index (κ3) is 11.3. The third-order valence-electron chi connectivity index (χ3n) is 12.2.